The van der Waals surface area contributed by atoms with E-state index in [1.54, 1.807) is 30.3 Å². The molecule has 0 bridgehead atoms. The van der Waals surface area contributed by atoms with Crippen LogP contribution in [0, 0.1) is 0 Å². The summed E-state index contributed by atoms with van der Waals surface area (Å²) < 4.78 is 5.58. The summed E-state index contributed by atoms with van der Waals surface area (Å²) in [4.78, 5) is 65.7. The van der Waals surface area contributed by atoms with Crippen molar-refractivity contribution in [2.45, 2.75) is 32.9 Å². The van der Waals surface area contributed by atoms with E-state index in [2.05, 4.69) is 30.4 Å². The number of fused-ring (bicyclic) bond motifs is 2. The number of carboxylic acid groups (broad SMARTS) is 1. The van der Waals surface area contributed by atoms with Gasteiger partial charge in [-0.05, 0) is 53.8 Å². The molecule has 1 atom stereocenters. The van der Waals surface area contributed by atoms with Crippen LogP contribution in [0.1, 0.15) is 67.9 Å². The number of aromatic nitrogens is 4. The third-order valence-electron chi connectivity index (χ3n) is 7.07. The van der Waals surface area contributed by atoms with E-state index < -0.39 is 22.7 Å². The molecule has 5 aromatic rings. The SMILES string of the molecule is C.COC(=O)c1ccc2c(c1)CC[C@@H]2N.Nc1nc2nc(C(=O)NCc3cccc(Nc4c(N)c(=O)c4=O)c3)cc(C(=O)O)n2n1. The van der Waals surface area contributed by atoms with Crippen molar-refractivity contribution < 1.29 is 24.2 Å². The number of carbonyl (C=O) groups is 3. The lowest BCUT2D eigenvalue weighted by molar-refractivity contribution is 0.0599. The van der Waals surface area contributed by atoms with Crippen LogP contribution in [0.3, 0.4) is 0 Å². The number of esters is 1. The highest BCUT2D eigenvalue weighted by Crippen LogP contribution is 2.29. The van der Waals surface area contributed by atoms with E-state index in [1.165, 1.54) is 12.7 Å². The second-order valence-corrected chi connectivity index (χ2v) is 10.0. The van der Waals surface area contributed by atoms with Gasteiger partial charge in [0.25, 0.3) is 22.5 Å². The molecule has 238 valence electrons. The van der Waals surface area contributed by atoms with Crippen LogP contribution in [0.4, 0.5) is 23.0 Å². The summed E-state index contributed by atoms with van der Waals surface area (Å²) in [7, 11) is 1.39. The zero-order valence-electron chi connectivity index (χ0n) is 23.7. The molecular weight excluding hydrogens is 598 g/mol. The minimum absolute atomic E-state index is 0. The van der Waals surface area contributed by atoms with E-state index >= 15 is 0 Å². The molecule has 1 aliphatic rings. The molecule has 16 heteroatoms. The molecule has 2 aromatic heterocycles. The van der Waals surface area contributed by atoms with Gasteiger partial charge < -0.3 is 37.7 Å². The van der Waals surface area contributed by atoms with Crippen LogP contribution >= 0.6 is 0 Å². The minimum atomic E-state index is -1.33. The van der Waals surface area contributed by atoms with E-state index in [-0.39, 0.29) is 60.5 Å². The van der Waals surface area contributed by atoms with E-state index in [0.717, 1.165) is 29.0 Å². The number of carbonyl (C=O) groups excluding carboxylic acids is 2. The Balaban J connectivity index is 0.000000268. The Kier molecular flexibility index (Phi) is 9.42. The molecule has 0 saturated carbocycles. The molecule has 1 aliphatic carbocycles. The molecule has 0 radical (unpaired) electrons. The summed E-state index contributed by atoms with van der Waals surface area (Å²) >= 11 is 0. The number of hydrogen-bond acceptors (Lipinski definition) is 13. The molecule has 1 amide bonds. The fraction of sp³-hybridized carbons (Fsp3) is 0.200. The first kappa shape index (κ1) is 32.7. The molecule has 0 saturated heterocycles. The van der Waals surface area contributed by atoms with Gasteiger partial charge in [-0.25, -0.2) is 14.6 Å². The molecular formula is C30H31N9O7. The van der Waals surface area contributed by atoms with Gasteiger partial charge in [0, 0.05) is 24.3 Å². The Morgan fingerprint density at radius 3 is 2.52 bits per heavy atom. The van der Waals surface area contributed by atoms with Gasteiger partial charge in [-0.2, -0.15) is 9.50 Å². The number of rotatable bonds is 7. The summed E-state index contributed by atoms with van der Waals surface area (Å²) in [6, 6.07) is 13.5. The number of amides is 1. The van der Waals surface area contributed by atoms with Crippen molar-refractivity contribution in [2.24, 2.45) is 5.73 Å². The number of benzene rings is 2. The second-order valence-electron chi connectivity index (χ2n) is 10.0. The number of anilines is 4. The molecule has 46 heavy (non-hydrogen) atoms. The first-order valence-corrected chi connectivity index (χ1v) is 13.4. The monoisotopic (exact) mass is 629 g/mol. The van der Waals surface area contributed by atoms with Crippen LogP contribution in [0.15, 0.2) is 58.1 Å². The second kappa shape index (κ2) is 13.2. The average Bonchev–Trinajstić information content (AvgIpc) is 3.62. The predicted octanol–water partition coefficient (Wildman–Crippen LogP) is 1.31. The Hall–Kier alpha value is -6.16. The highest BCUT2D eigenvalue weighted by molar-refractivity contribution is 5.96. The lowest BCUT2D eigenvalue weighted by atomic mass is 10.1. The van der Waals surface area contributed by atoms with E-state index in [4.69, 9.17) is 17.2 Å². The number of nitrogens with two attached hydrogens (primary N) is 3. The van der Waals surface area contributed by atoms with Gasteiger partial charge in [0.1, 0.15) is 17.1 Å². The van der Waals surface area contributed by atoms with E-state index in [0.29, 0.717) is 16.8 Å². The normalized spacial score (nSPS) is 13.2. The predicted molar refractivity (Wildman–Crippen MR) is 169 cm³/mol. The van der Waals surface area contributed by atoms with Gasteiger partial charge in [-0.1, -0.05) is 25.6 Å². The molecule has 2 heterocycles. The highest BCUT2D eigenvalue weighted by Gasteiger charge is 2.21. The van der Waals surface area contributed by atoms with Gasteiger partial charge in [-0.15, -0.1) is 5.10 Å². The number of nitrogen functional groups attached to an aromatic ring is 2. The lowest BCUT2D eigenvalue weighted by Gasteiger charge is -2.11. The van der Waals surface area contributed by atoms with Gasteiger partial charge in [0.15, 0.2) is 5.69 Å². The van der Waals surface area contributed by atoms with Crippen LogP contribution in [0.2, 0.25) is 0 Å². The molecule has 6 rings (SSSR count). The van der Waals surface area contributed by atoms with Crippen LogP contribution in [-0.2, 0) is 17.7 Å². The zero-order chi connectivity index (χ0) is 32.4. The van der Waals surface area contributed by atoms with Crippen molar-refractivity contribution in [2.75, 3.05) is 23.9 Å². The van der Waals surface area contributed by atoms with Crippen molar-refractivity contribution >= 4 is 46.6 Å². The van der Waals surface area contributed by atoms with Crippen molar-refractivity contribution in [1.29, 1.82) is 0 Å². The molecule has 16 nitrogen and oxygen atoms in total. The fourth-order valence-corrected chi connectivity index (χ4v) is 4.76. The minimum Gasteiger partial charge on any atom is -0.477 e. The largest absolute Gasteiger partial charge is 0.477 e. The lowest BCUT2D eigenvalue weighted by Crippen LogP contribution is -2.36. The smallest absolute Gasteiger partial charge is 0.354 e. The number of nitrogens with one attached hydrogen (secondary N) is 2. The number of hydrogen-bond donors (Lipinski definition) is 6. The molecule has 3 aromatic carbocycles. The number of ether oxygens (including phenoxy) is 1. The van der Waals surface area contributed by atoms with Crippen LogP contribution in [0.25, 0.3) is 5.78 Å². The maximum atomic E-state index is 12.5. The molecule has 0 spiro atoms. The van der Waals surface area contributed by atoms with Crippen molar-refractivity contribution in [3.63, 3.8) is 0 Å². The Morgan fingerprint density at radius 2 is 1.83 bits per heavy atom. The zero-order valence-corrected chi connectivity index (χ0v) is 23.7. The summed E-state index contributed by atoms with van der Waals surface area (Å²) in [6.07, 6.45) is 1.93. The summed E-state index contributed by atoms with van der Waals surface area (Å²) in [5.74, 6) is -2.56. The fourth-order valence-electron chi connectivity index (χ4n) is 4.76. The van der Waals surface area contributed by atoms with Gasteiger partial charge in [-0.3, -0.25) is 14.4 Å². The number of carboxylic acids is 1. The Morgan fingerprint density at radius 1 is 1.07 bits per heavy atom. The van der Waals surface area contributed by atoms with E-state index in [9.17, 15) is 29.1 Å². The van der Waals surface area contributed by atoms with Crippen molar-refractivity contribution in [1.82, 2.24) is 24.9 Å². The first-order chi connectivity index (χ1) is 21.5. The Bertz CT molecular complexity index is 2050. The third kappa shape index (κ3) is 6.51. The molecule has 0 fully saturated rings. The summed E-state index contributed by atoms with van der Waals surface area (Å²) in [5, 5.41) is 18.5. The van der Waals surface area contributed by atoms with Gasteiger partial charge >= 0.3 is 11.9 Å². The maximum absolute atomic E-state index is 12.5. The van der Waals surface area contributed by atoms with Crippen molar-refractivity contribution in [3.05, 3.63) is 103 Å². The quantitative estimate of drug-likeness (QED) is 0.110. The summed E-state index contributed by atoms with van der Waals surface area (Å²) in [5.41, 5.74) is 18.9. The molecule has 0 aliphatic heterocycles. The summed E-state index contributed by atoms with van der Waals surface area (Å²) in [6.45, 7) is 0.0693. The van der Waals surface area contributed by atoms with Gasteiger partial charge in [0.05, 0.1) is 12.7 Å². The van der Waals surface area contributed by atoms with E-state index in [1.807, 2.05) is 12.1 Å². The topological polar surface area (TPSA) is 260 Å². The molecule has 9 N–H and O–H groups in total. The Labute approximate surface area is 260 Å². The van der Waals surface area contributed by atoms with Crippen LogP contribution in [0.5, 0.6) is 0 Å². The third-order valence-corrected chi connectivity index (χ3v) is 7.07. The first-order valence-electron chi connectivity index (χ1n) is 13.4. The van der Waals surface area contributed by atoms with Crippen LogP contribution in [-0.4, -0.2) is 49.6 Å². The van der Waals surface area contributed by atoms with Gasteiger partial charge in [0.2, 0.25) is 5.95 Å². The maximum Gasteiger partial charge on any atom is 0.354 e. The highest BCUT2D eigenvalue weighted by atomic mass is 16.5. The standard InChI is InChI=1S/C18H14N8O5.C11H13NO2.CH4/c19-11-12(14(28)13(11)27)22-8-3-1-2-7(4-8)6-21-15(29)9-5-10(16(30)31)26-18(23-9)24-17(20)25-26;1-14-11(13)8-2-4-9-7(6-8)3-5-10(9)12;/h1-5,22H,6,19H2,(H2,20,25)(H,21,29)(H,30,31);2,4,6,10H,3,5,12H2,1H3;1H4/t;10-;/m.0./s1. The number of aromatic carboxylic acids is 1. The number of methoxy groups -OCH3 is 1. The number of nitrogens with zero attached hydrogens (tertiary/aromatic N) is 4. The average molecular weight is 630 g/mol. The van der Waals surface area contributed by atoms with Crippen LogP contribution < -0.4 is 38.7 Å². The van der Waals surface area contributed by atoms with Crippen molar-refractivity contribution in [3.8, 4) is 0 Å². The molecule has 0 unspecified atom stereocenters. The number of aryl methyl sites for hydroxylation is 1.